The fourth-order valence-electron chi connectivity index (χ4n) is 3.62. The van der Waals surface area contributed by atoms with Crippen LogP contribution in [0.2, 0.25) is 0 Å². The van der Waals surface area contributed by atoms with Crippen LogP contribution in [0.15, 0.2) is 0 Å². The van der Waals surface area contributed by atoms with Crippen molar-refractivity contribution in [3.63, 3.8) is 0 Å². The second kappa shape index (κ2) is 21.2. The average Bonchev–Trinajstić information content (AvgIpc) is 2.77. The fourth-order valence-corrected chi connectivity index (χ4v) is 3.62. The first-order chi connectivity index (χ1) is 15.5. The van der Waals surface area contributed by atoms with Crippen molar-refractivity contribution in [2.45, 2.75) is 122 Å². The van der Waals surface area contributed by atoms with Crippen LogP contribution < -0.4 is 16.4 Å². The number of unbranched alkanes of at least 4 members (excludes halogenated alkanes) is 12. The largest absolute Gasteiger partial charge is 0.480 e. The molecule has 8 nitrogen and oxygen atoms in total. The second-order valence-corrected chi connectivity index (χ2v) is 8.63. The van der Waals surface area contributed by atoms with Crippen molar-refractivity contribution in [2.24, 2.45) is 5.73 Å². The zero-order valence-electron chi connectivity index (χ0n) is 20.1. The smallest absolute Gasteiger partial charge is 0.328 e. The van der Waals surface area contributed by atoms with Gasteiger partial charge >= 0.3 is 5.97 Å². The molecule has 0 saturated carbocycles. The summed E-state index contributed by atoms with van der Waals surface area (Å²) in [7, 11) is 0. The van der Waals surface area contributed by atoms with Crippen molar-refractivity contribution >= 4 is 17.8 Å². The number of aliphatic hydroxyl groups excluding tert-OH is 1. The molecule has 0 heterocycles. The number of carbonyl (C=O) groups excluding carboxylic acids is 2. The van der Waals surface area contributed by atoms with Gasteiger partial charge in [-0.3, -0.25) is 9.59 Å². The van der Waals surface area contributed by atoms with E-state index in [-0.39, 0.29) is 5.91 Å². The number of hydrogen-bond acceptors (Lipinski definition) is 5. The Morgan fingerprint density at radius 1 is 0.750 bits per heavy atom. The molecule has 32 heavy (non-hydrogen) atoms. The number of nitrogens with two attached hydrogens (primary N) is 1. The molecule has 0 aromatic carbocycles. The first-order valence-electron chi connectivity index (χ1n) is 12.6. The molecule has 0 saturated heterocycles. The molecular formula is C24H47N3O5. The topological polar surface area (TPSA) is 142 Å². The summed E-state index contributed by atoms with van der Waals surface area (Å²) in [5.74, 6) is -2.16. The molecule has 2 atom stereocenters. The van der Waals surface area contributed by atoms with Gasteiger partial charge in [0.05, 0.1) is 6.61 Å². The third kappa shape index (κ3) is 17.0. The van der Waals surface area contributed by atoms with Crippen molar-refractivity contribution in [1.29, 1.82) is 0 Å². The molecular weight excluding hydrogens is 410 g/mol. The monoisotopic (exact) mass is 457 g/mol. The number of carbonyl (C=O) groups is 3. The molecule has 0 radical (unpaired) electrons. The zero-order chi connectivity index (χ0) is 24.0. The number of aliphatic carboxylic acids is 1. The first kappa shape index (κ1) is 30.3. The number of amides is 2. The molecule has 6 N–H and O–H groups in total. The van der Waals surface area contributed by atoms with Gasteiger partial charge in [0.2, 0.25) is 11.8 Å². The minimum atomic E-state index is -1.39. The van der Waals surface area contributed by atoms with Crippen molar-refractivity contribution in [3.05, 3.63) is 0 Å². The maximum atomic E-state index is 12.3. The van der Waals surface area contributed by atoms with Crippen LogP contribution in [0.3, 0.4) is 0 Å². The lowest BCUT2D eigenvalue weighted by molar-refractivity contribution is -0.143. The predicted molar refractivity (Wildman–Crippen MR) is 127 cm³/mol. The lowest BCUT2D eigenvalue weighted by Crippen LogP contribution is -2.52. The van der Waals surface area contributed by atoms with E-state index in [0.29, 0.717) is 25.8 Å². The van der Waals surface area contributed by atoms with E-state index in [2.05, 4.69) is 17.6 Å². The van der Waals surface area contributed by atoms with Crippen molar-refractivity contribution in [1.82, 2.24) is 10.6 Å². The van der Waals surface area contributed by atoms with Gasteiger partial charge in [0.1, 0.15) is 12.1 Å². The van der Waals surface area contributed by atoms with Gasteiger partial charge in [-0.15, -0.1) is 0 Å². The third-order valence-corrected chi connectivity index (χ3v) is 5.65. The van der Waals surface area contributed by atoms with E-state index in [1.165, 1.54) is 64.2 Å². The van der Waals surface area contributed by atoms with Crippen LogP contribution in [-0.4, -0.2) is 53.2 Å². The maximum Gasteiger partial charge on any atom is 0.328 e. The van der Waals surface area contributed by atoms with E-state index in [1.807, 2.05) is 0 Å². The van der Waals surface area contributed by atoms with E-state index >= 15 is 0 Å². The van der Waals surface area contributed by atoms with Gasteiger partial charge in [0, 0.05) is 6.42 Å². The summed E-state index contributed by atoms with van der Waals surface area (Å²) in [4.78, 5) is 35.5. The molecule has 0 fully saturated rings. The summed E-state index contributed by atoms with van der Waals surface area (Å²) in [6.45, 7) is 1.89. The number of rotatable bonds is 22. The molecule has 8 heteroatoms. The highest BCUT2D eigenvalue weighted by Crippen LogP contribution is 2.13. The summed E-state index contributed by atoms with van der Waals surface area (Å²) in [6, 6.07) is -2.23. The van der Waals surface area contributed by atoms with Gasteiger partial charge in [-0.05, 0) is 25.8 Å². The standard InChI is InChI=1S/C24H47N3O5/c1-2-3-4-5-6-7-8-9-10-11-12-13-14-17-22(29)26-20(16-15-18-25)23(30)27-21(19-28)24(31)32/h20-21,28H,2-19,25H2,1H3,(H,26,29)(H,27,30)(H,31,32)/t20-,21-/m0/s1. The molecule has 0 spiro atoms. The summed E-state index contributed by atoms with van der Waals surface area (Å²) < 4.78 is 0. The number of carboxylic acid groups (broad SMARTS) is 1. The molecule has 0 aliphatic rings. The molecule has 2 amide bonds. The molecule has 188 valence electrons. The van der Waals surface area contributed by atoms with E-state index < -0.39 is 30.6 Å². The van der Waals surface area contributed by atoms with Gasteiger partial charge in [-0.2, -0.15) is 0 Å². The molecule has 0 aliphatic carbocycles. The Kier molecular flexibility index (Phi) is 20.1. The minimum absolute atomic E-state index is 0.221. The molecule has 0 aromatic rings. The van der Waals surface area contributed by atoms with Crippen LogP contribution >= 0.6 is 0 Å². The molecule has 0 aliphatic heterocycles. The van der Waals surface area contributed by atoms with Crippen molar-refractivity contribution in [3.8, 4) is 0 Å². The lowest BCUT2D eigenvalue weighted by Gasteiger charge is -2.20. The highest BCUT2D eigenvalue weighted by molar-refractivity contribution is 5.90. The van der Waals surface area contributed by atoms with E-state index in [4.69, 9.17) is 15.9 Å². The van der Waals surface area contributed by atoms with Gasteiger partial charge in [-0.25, -0.2) is 4.79 Å². The first-order valence-corrected chi connectivity index (χ1v) is 12.6. The average molecular weight is 458 g/mol. The van der Waals surface area contributed by atoms with Gasteiger partial charge in [0.15, 0.2) is 0 Å². The third-order valence-electron chi connectivity index (χ3n) is 5.65. The van der Waals surface area contributed by atoms with Crippen LogP contribution in [0.1, 0.15) is 110 Å². The quantitative estimate of drug-likeness (QED) is 0.158. The molecule has 0 bridgehead atoms. The second-order valence-electron chi connectivity index (χ2n) is 8.63. The van der Waals surface area contributed by atoms with Crippen LogP contribution in [0.25, 0.3) is 0 Å². The summed E-state index contributed by atoms with van der Waals surface area (Å²) in [6.07, 6.45) is 17.2. The summed E-state index contributed by atoms with van der Waals surface area (Å²) in [5.41, 5.74) is 5.49. The Morgan fingerprint density at radius 2 is 1.25 bits per heavy atom. The number of carboxylic acids is 1. The number of aliphatic hydroxyl groups is 1. The van der Waals surface area contributed by atoms with E-state index in [1.54, 1.807) is 0 Å². The Morgan fingerprint density at radius 3 is 1.69 bits per heavy atom. The number of hydrogen-bond donors (Lipinski definition) is 5. The zero-order valence-corrected chi connectivity index (χ0v) is 20.1. The van der Waals surface area contributed by atoms with Gasteiger partial charge < -0.3 is 26.6 Å². The molecule has 0 unspecified atom stereocenters. The highest BCUT2D eigenvalue weighted by Gasteiger charge is 2.25. The van der Waals surface area contributed by atoms with Crippen LogP contribution in [0, 0.1) is 0 Å². The van der Waals surface area contributed by atoms with E-state index in [9.17, 15) is 14.4 Å². The van der Waals surface area contributed by atoms with E-state index in [0.717, 1.165) is 19.3 Å². The highest BCUT2D eigenvalue weighted by atomic mass is 16.4. The predicted octanol–water partition coefficient (Wildman–Crippen LogP) is 3.25. The fraction of sp³-hybridized carbons (Fsp3) is 0.875. The lowest BCUT2D eigenvalue weighted by atomic mass is 10.0. The Labute approximate surface area is 194 Å². The Bertz CT molecular complexity index is 502. The summed E-state index contributed by atoms with van der Waals surface area (Å²) in [5, 5.41) is 23.0. The minimum Gasteiger partial charge on any atom is -0.480 e. The normalized spacial score (nSPS) is 12.8. The Hall–Kier alpha value is -1.67. The van der Waals surface area contributed by atoms with Crippen LogP contribution in [0.4, 0.5) is 0 Å². The van der Waals surface area contributed by atoms with Crippen LogP contribution in [0.5, 0.6) is 0 Å². The molecule has 0 rings (SSSR count). The van der Waals surface area contributed by atoms with Crippen LogP contribution in [-0.2, 0) is 14.4 Å². The molecule has 0 aromatic heterocycles. The Balaban J connectivity index is 3.94. The van der Waals surface area contributed by atoms with Crippen molar-refractivity contribution in [2.75, 3.05) is 13.2 Å². The SMILES string of the molecule is CCCCCCCCCCCCCCCC(=O)N[C@@H](CCCN)C(=O)N[C@@H](CO)C(=O)O. The maximum absolute atomic E-state index is 12.3. The summed E-state index contributed by atoms with van der Waals surface area (Å²) >= 11 is 0. The van der Waals surface area contributed by atoms with Gasteiger partial charge in [0.25, 0.3) is 0 Å². The van der Waals surface area contributed by atoms with Crippen molar-refractivity contribution < 1.29 is 24.6 Å². The number of nitrogens with one attached hydrogen (secondary N) is 2. The van der Waals surface area contributed by atoms with Gasteiger partial charge in [-0.1, -0.05) is 84.0 Å².